The van der Waals surface area contributed by atoms with E-state index in [-0.39, 0.29) is 22.0 Å². The first-order valence-corrected chi connectivity index (χ1v) is 7.56. The van der Waals surface area contributed by atoms with Gasteiger partial charge < -0.3 is 15.1 Å². The number of carboxylic acid groups (broad SMARTS) is 1. The molecule has 1 aromatic rings. The minimum absolute atomic E-state index is 0.0655. The minimum Gasteiger partial charge on any atom is -0.506 e. The van der Waals surface area contributed by atoms with Crippen LogP contribution in [0, 0.1) is 0 Å². The van der Waals surface area contributed by atoms with E-state index in [9.17, 15) is 23.4 Å². The van der Waals surface area contributed by atoms with Crippen LogP contribution in [0.15, 0.2) is 41.1 Å². The van der Waals surface area contributed by atoms with Gasteiger partial charge in [0.1, 0.15) is 10.7 Å². The summed E-state index contributed by atoms with van der Waals surface area (Å²) in [5.74, 6) is -1.40. The second-order valence-corrected chi connectivity index (χ2v) is 6.20. The molecule has 1 aromatic carbocycles. The Balaban J connectivity index is 2.65. The smallest absolute Gasteiger partial charge is 0.337 e. The third-order valence-electron chi connectivity index (χ3n) is 2.78. The van der Waals surface area contributed by atoms with Crippen LogP contribution in [-0.2, 0) is 10.0 Å². The Hall–Kier alpha value is -2.03. The number of carboxylic acids is 1. The van der Waals surface area contributed by atoms with E-state index in [1.54, 1.807) is 6.08 Å². The molecule has 0 bridgehead atoms. The molecule has 0 fully saturated rings. The summed E-state index contributed by atoms with van der Waals surface area (Å²) < 4.78 is 22.8. The zero-order valence-corrected chi connectivity index (χ0v) is 12.1. The van der Waals surface area contributed by atoms with Crippen LogP contribution in [-0.4, -0.2) is 31.1 Å². The van der Waals surface area contributed by atoms with E-state index in [2.05, 4.69) is 0 Å². The van der Waals surface area contributed by atoms with E-state index in [1.807, 2.05) is 0 Å². The quantitative estimate of drug-likeness (QED) is 0.771. The summed E-state index contributed by atoms with van der Waals surface area (Å²) in [7, 11) is -4.14. The van der Waals surface area contributed by atoms with Crippen LogP contribution in [0.1, 0.15) is 10.4 Å². The molecule has 0 aliphatic carbocycles. The van der Waals surface area contributed by atoms with Crippen LogP contribution in [0.5, 0.6) is 0 Å². The Kier molecular flexibility index (Phi) is 3.95. The van der Waals surface area contributed by atoms with E-state index in [4.69, 9.17) is 16.7 Å². The zero-order valence-electron chi connectivity index (χ0n) is 10.5. The standard InChI is InChI=1S/C12H11ClN2O5S/c13-9-5-10(15-3-1-2-7(16)6-15)8(12(17)18)4-11(9)21(14,19)20/h1-2,4-6,16H,3H2,(H,17,18)(H2,14,19,20). The third-order valence-corrected chi connectivity index (χ3v) is 4.15. The zero-order chi connectivity index (χ0) is 15.8. The van der Waals surface area contributed by atoms with Gasteiger partial charge in [0.2, 0.25) is 10.0 Å². The number of nitrogens with zero attached hydrogens (tertiary/aromatic N) is 1. The minimum atomic E-state index is -4.14. The normalized spacial score (nSPS) is 15.0. The van der Waals surface area contributed by atoms with Gasteiger partial charge in [-0.1, -0.05) is 17.7 Å². The number of aliphatic hydroxyl groups excluding tert-OH is 1. The van der Waals surface area contributed by atoms with Crippen molar-refractivity contribution in [2.45, 2.75) is 4.90 Å². The van der Waals surface area contributed by atoms with Crippen molar-refractivity contribution in [1.29, 1.82) is 0 Å². The molecule has 0 amide bonds. The van der Waals surface area contributed by atoms with Crippen LogP contribution in [0.3, 0.4) is 0 Å². The maximum atomic E-state index is 11.4. The van der Waals surface area contributed by atoms with Gasteiger partial charge in [-0.15, -0.1) is 0 Å². The number of aromatic carboxylic acids is 1. The highest BCUT2D eigenvalue weighted by atomic mass is 35.5. The highest BCUT2D eigenvalue weighted by Gasteiger charge is 2.23. The predicted octanol–water partition coefficient (Wildman–Crippen LogP) is 1.46. The van der Waals surface area contributed by atoms with Crippen LogP contribution >= 0.6 is 11.6 Å². The molecule has 1 aliphatic heterocycles. The molecule has 0 spiro atoms. The predicted molar refractivity (Wildman–Crippen MR) is 77.0 cm³/mol. The number of hydrogen-bond donors (Lipinski definition) is 3. The average Bonchev–Trinajstić information content (AvgIpc) is 2.36. The second-order valence-electron chi connectivity index (χ2n) is 4.26. The van der Waals surface area contributed by atoms with Crippen molar-refractivity contribution in [2.75, 3.05) is 11.4 Å². The van der Waals surface area contributed by atoms with Gasteiger partial charge in [-0.25, -0.2) is 18.4 Å². The number of hydrogen-bond acceptors (Lipinski definition) is 5. The summed E-state index contributed by atoms with van der Waals surface area (Å²) in [6, 6.07) is 2.09. The van der Waals surface area contributed by atoms with Gasteiger partial charge in [0, 0.05) is 12.7 Å². The summed E-state index contributed by atoms with van der Waals surface area (Å²) >= 11 is 5.87. The van der Waals surface area contributed by atoms with Gasteiger partial charge in [0.25, 0.3) is 0 Å². The van der Waals surface area contributed by atoms with E-state index in [1.165, 1.54) is 23.2 Å². The summed E-state index contributed by atoms with van der Waals surface area (Å²) in [5.41, 5.74) is -0.140. The molecule has 0 aromatic heterocycles. The lowest BCUT2D eigenvalue weighted by atomic mass is 10.1. The molecule has 0 radical (unpaired) electrons. The number of allylic oxidation sites excluding steroid dienone is 1. The molecule has 112 valence electrons. The first-order valence-electron chi connectivity index (χ1n) is 5.64. The Bertz CT molecular complexity index is 770. The molecule has 1 aliphatic rings. The number of nitrogens with two attached hydrogens (primary N) is 1. The van der Waals surface area contributed by atoms with Gasteiger partial charge in [0.05, 0.1) is 16.3 Å². The van der Waals surface area contributed by atoms with Crippen molar-refractivity contribution in [3.05, 3.63) is 46.8 Å². The lowest BCUT2D eigenvalue weighted by molar-refractivity contribution is 0.0697. The Morgan fingerprint density at radius 1 is 1.38 bits per heavy atom. The SMILES string of the molecule is NS(=O)(=O)c1cc(C(=O)O)c(N2C=C(O)C=CC2)cc1Cl. The summed E-state index contributed by atoms with van der Waals surface area (Å²) in [6.45, 7) is 0.301. The van der Waals surface area contributed by atoms with Crippen molar-refractivity contribution in [1.82, 2.24) is 0 Å². The monoisotopic (exact) mass is 330 g/mol. The lowest BCUT2D eigenvalue weighted by Gasteiger charge is -2.24. The number of primary sulfonamides is 1. The first-order chi connectivity index (χ1) is 9.70. The van der Waals surface area contributed by atoms with Crippen LogP contribution in [0.25, 0.3) is 0 Å². The number of sulfonamides is 1. The van der Waals surface area contributed by atoms with Gasteiger partial charge in [0.15, 0.2) is 0 Å². The molecular weight excluding hydrogens is 320 g/mol. The summed E-state index contributed by atoms with van der Waals surface area (Å²) in [6.07, 6.45) is 4.38. The fourth-order valence-electron chi connectivity index (χ4n) is 1.88. The number of carbonyl (C=O) groups is 1. The number of benzene rings is 1. The molecule has 0 saturated carbocycles. The van der Waals surface area contributed by atoms with E-state index in [0.29, 0.717) is 6.54 Å². The van der Waals surface area contributed by atoms with Crippen molar-refractivity contribution in [3.8, 4) is 0 Å². The molecule has 9 heteroatoms. The molecule has 21 heavy (non-hydrogen) atoms. The maximum Gasteiger partial charge on any atom is 0.337 e. The Morgan fingerprint density at radius 3 is 2.57 bits per heavy atom. The van der Waals surface area contributed by atoms with E-state index >= 15 is 0 Å². The Morgan fingerprint density at radius 2 is 2.05 bits per heavy atom. The van der Waals surface area contributed by atoms with E-state index in [0.717, 1.165) is 6.07 Å². The fraction of sp³-hybridized carbons (Fsp3) is 0.0833. The molecule has 0 atom stereocenters. The summed E-state index contributed by atoms with van der Waals surface area (Å²) in [4.78, 5) is 12.3. The van der Waals surface area contributed by atoms with Crippen LogP contribution in [0.4, 0.5) is 5.69 Å². The number of rotatable bonds is 3. The second kappa shape index (κ2) is 5.40. The van der Waals surface area contributed by atoms with Crippen LogP contribution in [0.2, 0.25) is 5.02 Å². The Labute approximate surface area is 125 Å². The maximum absolute atomic E-state index is 11.4. The molecule has 7 nitrogen and oxygen atoms in total. The van der Waals surface area contributed by atoms with Crippen molar-refractivity contribution >= 4 is 33.3 Å². The number of aliphatic hydroxyl groups is 1. The molecule has 0 saturated heterocycles. The summed E-state index contributed by atoms with van der Waals surface area (Å²) in [5, 5.41) is 23.5. The largest absolute Gasteiger partial charge is 0.506 e. The van der Waals surface area contributed by atoms with Gasteiger partial charge >= 0.3 is 5.97 Å². The van der Waals surface area contributed by atoms with Gasteiger partial charge in [-0.05, 0) is 18.2 Å². The van der Waals surface area contributed by atoms with Crippen molar-refractivity contribution in [2.24, 2.45) is 5.14 Å². The molecule has 2 rings (SSSR count). The fourth-order valence-corrected chi connectivity index (χ4v) is 2.97. The highest BCUT2D eigenvalue weighted by Crippen LogP contribution is 2.31. The molecular formula is C12H11ClN2O5S. The molecule has 4 N–H and O–H groups in total. The number of anilines is 1. The average molecular weight is 331 g/mol. The van der Waals surface area contributed by atoms with Crippen molar-refractivity contribution < 1.29 is 23.4 Å². The van der Waals surface area contributed by atoms with Gasteiger partial charge in [-0.2, -0.15) is 0 Å². The third kappa shape index (κ3) is 3.18. The topological polar surface area (TPSA) is 121 Å². The lowest BCUT2D eigenvalue weighted by Crippen LogP contribution is -2.23. The van der Waals surface area contributed by atoms with Crippen LogP contribution < -0.4 is 10.0 Å². The highest BCUT2D eigenvalue weighted by molar-refractivity contribution is 7.89. The molecule has 0 unspecified atom stereocenters. The van der Waals surface area contributed by atoms with E-state index < -0.39 is 20.9 Å². The first kappa shape index (κ1) is 15.4. The van der Waals surface area contributed by atoms with Gasteiger partial charge in [-0.3, -0.25) is 0 Å². The number of halogens is 1. The van der Waals surface area contributed by atoms with Crippen molar-refractivity contribution in [3.63, 3.8) is 0 Å². The molecule has 1 heterocycles.